The average Bonchev–Trinajstić information content (AvgIpc) is 2.96. The number of carbonyl (C=O) groups is 1. The van der Waals surface area contributed by atoms with Crippen LogP contribution in [-0.4, -0.2) is 18.2 Å². The van der Waals surface area contributed by atoms with Crippen LogP contribution in [0.5, 0.6) is 11.5 Å². The largest absolute Gasteiger partial charge is 0.454 e. The Hall–Kier alpha value is -2.49. The molecule has 2 aromatic carbocycles. The number of nitrogens with one attached hydrogen (secondary N) is 1. The zero-order valence-corrected chi connectivity index (χ0v) is 13.7. The normalized spacial score (nSPS) is 13.0. The minimum atomic E-state index is -0.345. The Morgan fingerprint density at radius 2 is 1.78 bits per heavy atom. The van der Waals surface area contributed by atoms with Gasteiger partial charge in [0.2, 0.25) is 6.79 Å². The molecule has 1 aliphatic heterocycles. The second kappa shape index (κ2) is 5.95. The van der Waals surface area contributed by atoms with E-state index in [9.17, 15) is 4.79 Å². The predicted molar refractivity (Wildman–Crippen MR) is 89.0 cm³/mol. The molecule has 3 rings (SSSR count). The number of hydrogen-bond acceptors (Lipinski definition) is 3. The summed E-state index contributed by atoms with van der Waals surface area (Å²) in [4.78, 5) is 12.5. The van der Waals surface area contributed by atoms with Gasteiger partial charge in [-0.25, -0.2) is 0 Å². The number of fused-ring (bicyclic) bond motifs is 1. The van der Waals surface area contributed by atoms with Gasteiger partial charge in [0.1, 0.15) is 0 Å². The van der Waals surface area contributed by atoms with Gasteiger partial charge in [-0.15, -0.1) is 0 Å². The highest BCUT2D eigenvalue weighted by Crippen LogP contribution is 2.32. The van der Waals surface area contributed by atoms with Crippen molar-refractivity contribution in [1.82, 2.24) is 5.32 Å². The third-order valence-electron chi connectivity index (χ3n) is 3.85. The van der Waals surface area contributed by atoms with Crippen molar-refractivity contribution in [2.45, 2.75) is 32.7 Å². The number of hydrogen-bond donors (Lipinski definition) is 1. The van der Waals surface area contributed by atoms with Crippen LogP contribution >= 0.6 is 0 Å². The van der Waals surface area contributed by atoms with Gasteiger partial charge < -0.3 is 14.8 Å². The molecule has 0 atom stereocenters. The van der Waals surface area contributed by atoms with Crippen LogP contribution in [0, 0.1) is 6.92 Å². The number of amides is 1. The first-order chi connectivity index (χ1) is 10.9. The molecule has 23 heavy (non-hydrogen) atoms. The number of rotatable bonds is 4. The summed E-state index contributed by atoms with van der Waals surface area (Å²) in [7, 11) is 0. The monoisotopic (exact) mass is 311 g/mol. The third-order valence-corrected chi connectivity index (χ3v) is 3.85. The van der Waals surface area contributed by atoms with Gasteiger partial charge in [0.05, 0.1) is 0 Å². The highest BCUT2D eigenvalue weighted by molar-refractivity contribution is 5.95. The first-order valence-electron chi connectivity index (χ1n) is 7.71. The minimum Gasteiger partial charge on any atom is -0.454 e. The highest BCUT2D eigenvalue weighted by Gasteiger charge is 2.23. The summed E-state index contributed by atoms with van der Waals surface area (Å²) in [5, 5.41) is 3.09. The molecule has 1 amide bonds. The molecule has 0 radical (unpaired) electrons. The minimum absolute atomic E-state index is 0.111. The van der Waals surface area contributed by atoms with Gasteiger partial charge in [0.15, 0.2) is 11.5 Å². The SMILES string of the molecule is Cc1ccc(CC(C)(C)NC(=O)c2ccc3c(c2)OCO3)cc1. The number of aryl methyl sites for hydroxylation is 1. The fourth-order valence-corrected chi connectivity index (χ4v) is 2.68. The van der Waals surface area contributed by atoms with E-state index in [1.807, 2.05) is 13.8 Å². The molecular formula is C19H21NO3. The molecule has 0 bridgehead atoms. The lowest BCUT2D eigenvalue weighted by Crippen LogP contribution is -2.45. The van der Waals surface area contributed by atoms with Gasteiger partial charge in [0, 0.05) is 11.1 Å². The lowest BCUT2D eigenvalue weighted by Gasteiger charge is -2.26. The van der Waals surface area contributed by atoms with Crippen LogP contribution in [0.25, 0.3) is 0 Å². The molecule has 0 unspecified atom stereocenters. The van der Waals surface area contributed by atoms with Crippen LogP contribution in [0.3, 0.4) is 0 Å². The standard InChI is InChI=1S/C19H21NO3/c1-13-4-6-14(7-5-13)11-19(2,3)20-18(21)15-8-9-16-17(10-15)23-12-22-16/h4-10H,11-12H2,1-3H3,(H,20,21). The highest BCUT2D eigenvalue weighted by atomic mass is 16.7. The number of benzene rings is 2. The van der Waals surface area contributed by atoms with Gasteiger partial charge in [-0.1, -0.05) is 29.8 Å². The summed E-state index contributed by atoms with van der Waals surface area (Å²) in [5.41, 5.74) is 2.66. The molecule has 2 aromatic rings. The van der Waals surface area contributed by atoms with Crippen LogP contribution in [0.4, 0.5) is 0 Å². The van der Waals surface area contributed by atoms with Crippen molar-refractivity contribution < 1.29 is 14.3 Å². The Bertz CT molecular complexity index is 720. The molecule has 0 spiro atoms. The van der Waals surface area contributed by atoms with E-state index in [1.54, 1.807) is 18.2 Å². The molecule has 1 heterocycles. The second-order valence-corrected chi connectivity index (χ2v) is 6.57. The van der Waals surface area contributed by atoms with E-state index in [0.717, 1.165) is 6.42 Å². The van der Waals surface area contributed by atoms with Crippen molar-refractivity contribution >= 4 is 5.91 Å². The fraction of sp³-hybridized carbons (Fsp3) is 0.316. The summed E-state index contributed by atoms with van der Waals surface area (Å²) < 4.78 is 10.6. The van der Waals surface area contributed by atoms with Gasteiger partial charge >= 0.3 is 0 Å². The predicted octanol–water partition coefficient (Wildman–Crippen LogP) is 3.47. The van der Waals surface area contributed by atoms with Gasteiger partial charge in [-0.3, -0.25) is 4.79 Å². The average molecular weight is 311 g/mol. The molecule has 1 N–H and O–H groups in total. The van der Waals surface area contributed by atoms with Crippen LogP contribution in [0.15, 0.2) is 42.5 Å². The molecular weight excluding hydrogens is 290 g/mol. The molecule has 1 aliphatic rings. The molecule has 0 aromatic heterocycles. The summed E-state index contributed by atoms with van der Waals surface area (Å²) >= 11 is 0. The maximum Gasteiger partial charge on any atom is 0.251 e. The lowest BCUT2D eigenvalue weighted by molar-refractivity contribution is 0.0912. The summed E-state index contributed by atoms with van der Waals surface area (Å²) in [6.45, 7) is 6.32. The van der Waals surface area contributed by atoms with E-state index in [0.29, 0.717) is 17.1 Å². The van der Waals surface area contributed by atoms with Crippen molar-refractivity contribution in [1.29, 1.82) is 0 Å². The van der Waals surface area contributed by atoms with Crippen LogP contribution in [-0.2, 0) is 6.42 Å². The van der Waals surface area contributed by atoms with Crippen LogP contribution < -0.4 is 14.8 Å². The summed E-state index contributed by atoms with van der Waals surface area (Å²) in [5.74, 6) is 1.19. The van der Waals surface area contributed by atoms with E-state index < -0.39 is 0 Å². The van der Waals surface area contributed by atoms with Gasteiger partial charge in [-0.05, 0) is 51.0 Å². The third kappa shape index (κ3) is 3.65. The molecule has 120 valence electrons. The maximum atomic E-state index is 12.5. The van der Waals surface area contributed by atoms with E-state index in [4.69, 9.17) is 9.47 Å². The van der Waals surface area contributed by atoms with E-state index >= 15 is 0 Å². The topological polar surface area (TPSA) is 47.6 Å². The Kier molecular flexibility index (Phi) is 3.99. The number of carbonyl (C=O) groups excluding carboxylic acids is 1. The lowest BCUT2D eigenvalue weighted by atomic mass is 9.94. The number of ether oxygens (including phenoxy) is 2. The quantitative estimate of drug-likeness (QED) is 0.940. The zero-order valence-electron chi connectivity index (χ0n) is 13.7. The van der Waals surface area contributed by atoms with Crippen molar-refractivity contribution in [2.24, 2.45) is 0 Å². The van der Waals surface area contributed by atoms with E-state index in [-0.39, 0.29) is 18.2 Å². The van der Waals surface area contributed by atoms with Crippen LogP contribution in [0.1, 0.15) is 35.3 Å². The molecule has 0 fully saturated rings. The first kappa shape index (κ1) is 15.4. The van der Waals surface area contributed by atoms with Crippen LogP contribution in [0.2, 0.25) is 0 Å². The van der Waals surface area contributed by atoms with Gasteiger partial charge in [0.25, 0.3) is 5.91 Å². The molecule has 0 saturated heterocycles. The molecule has 4 heteroatoms. The Morgan fingerprint density at radius 1 is 1.09 bits per heavy atom. The van der Waals surface area contributed by atoms with E-state index in [1.165, 1.54) is 11.1 Å². The Balaban J connectivity index is 1.69. The molecule has 0 aliphatic carbocycles. The second-order valence-electron chi connectivity index (χ2n) is 6.57. The first-order valence-corrected chi connectivity index (χ1v) is 7.71. The zero-order chi connectivity index (χ0) is 16.4. The Labute approximate surface area is 136 Å². The Morgan fingerprint density at radius 3 is 2.52 bits per heavy atom. The molecule has 4 nitrogen and oxygen atoms in total. The van der Waals surface area contributed by atoms with Crippen molar-refractivity contribution in [3.05, 3.63) is 59.2 Å². The van der Waals surface area contributed by atoms with Crippen molar-refractivity contribution in [3.63, 3.8) is 0 Å². The van der Waals surface area contributed by atoms with E-state index in [2.05, 4.69) is 36.5 Å². The summed E-state index contributed by atoms with van der Waals surface area (Å²) in [6.07, 6.45) is 0.767. The van der Waals surface area contributed by atoms with Crippen molar-refractivity contribution in [3.8, 4) is 11.5 Å². The van der Waals surface area contributed by atoms with Crippen molar-refractivity contribution in [2.75, 3.05) is 6.79 Å². The van der Waals surface area contributed by atoms with Gasteiger partial charge in [-0.2, -0.15) is 0 Å². The fourth-order valence-electron chi connectivity index (χ4n) is 2.68. The maximum absolute atomic E-state index is 12.5. The molecule has 0 saturated carbocycles. The smallest absolute Gasteiger partial charge is 0.251 e. The summed E-state index contributed by atoms with van der Waals surface area (Å²) in [6, 6.07) is 13.6.